The molecule has 0 unspecified atom stereocenters. The molecule has 0 saturated carbocycles. The summed E-state index contributed by atoms with van der Waals surface area (Å²) in [6, 6.07) is 11.0. The first-order chi connectivity index (χ1) is 11.9. The van der Waals surface area contributed by atoms with Crippen molar-refractivity contribution >= 4 is 17.6 Å². The highest BCUT2D eigenvalue weighted by molar-refractivity contribution is 6.33. The predicted octanol–water partition coefficient (Wildman–Crippen LogP) is 4.76. The molecule has 2 aromatic carbocycles. The smallest absolute Gasteiger partial charge is 0.340 e. The fraction of sp³-hybridized carbons (Fsp3) is 0.167. The van der Waals surface area contributed by atoms with Crippen molar-refractivity contribution in [2.45, 2.75) is 20.0 Å². The number of hydrogen-bond acceptors (Lipinski definition) is 5. The number of aromatic nitrogens is 2. The third-order valence-corrected chi connectivity index (χ3v) is 3.83. The van der Waals surface area contributed by atoms with Gasteiger partial charge in [-0.15, -0.1) is 10.2 Å². The molecule has 0 aliphatic heterocycles. The van der Waals surface area contributed by atoms with E-state index in [9.17, 15) is 9.18 Å². The first-order valence-electron chi connectivity index (χ1n) is 7.50. The number of hydrogen-bond donors (Lipinski definition) is 0. The molecule has 3 aromatic rings. The highest BCUT2D eigenvalue weighted by Crippen LogP contribution is 2.25. The molecule has 0 N–H and O–H groups in total. The van der Waals surface area contributed by atoms with Gasteiger partial charge in [-0.2, -0.15) is 0 Å². The normalized spacial score (nSPS) is 12.0. The maximum absolute atomic E-state index is 13.1. The summed E-state index contributed by atoms with van der Waals surface area (Å²) in [7, 11) is 0. The zero-order valence-electron chi connectivity index (χ0n) is 13.5. The number of ether oxygens (including phenoxy) is 1. The van der Waals surface area contributed by atoms with Crippen molar-refractivity contribution in [3.8, 4) is 11.5 Å². The zero-order valence-corrected chi connectivity index (χ0v) is 14.2. The number of carbonyl (C=O) groups is 1. The van der Waals surface area contributed by atoms with Crippen molar-refractivity contribution in [3.05, 3.63) is 70.3 Å². The molecule has 5 nitrogen and oxygen atoms in total. The van der Waals surface area contributed by atoms with Gasteiger partial charge in [-0.25, -0.2) is 9.18 Å². The number of esters is 1. The van der Waals surface area contributed by atoms with E-state index in [-0.39, 0.29) is 16.5 Å². The Labute approximate surface area is 148 Å². The maximum Gasteiger partial charge on any atom is 0.340 e. The van der Waals surface area contributed by atoms with Crippen LogP contribution in [0.3, 0.4) is 0 Å². The molecule has 0 aliphatic rings. The van der Waals surface area contributed by atoms with E-state index in [1.807, 2.05) is 31.2 Å². The summed E-state index contributed by atoms with van der Waals surface area (Å²) in [5.74, 6) is -0.748. The highest BCUT2D eigenvalue weighted by Gasteiger charge is 2.21. The molecule has 1 heterocycles. The Kier molecular flexibility index (Phi) is 4.81. The minimum atomic E-state index is -0.777. The number of rotatable bonds is 4. The number of benzene rings is 2. The van der Waals surface area contributed by atoms with Gasteiger partial charge in [-0.1, -0.05) is 29.3 Å². The van der Waals surface area contributed by atoms with E-state index in [1.165, 1.54) is 6.07 Å². The number of carbonyl (C=O) groups excluding carboxylic acids is 1. The minimum absolute atomic E-state index is 0.0249. The van der Waals surface area contributed by atoms with Crippen molar-refractivity contribution < 1.29 is 18.3 Å². The Morgan fingerprint density at radius 3 is 2.60 bits per heavy atom. The first kappa shape index (κ1) is 17.1. The van der Waals surface area contributed by atoms with Crippen LogP contribution in [0.5, 0.6) is 0 Å². The van der Waals surface area contributed by atoms with Crippen molar-refractivity contribution in [2.24, 2.45) is 0 Å². The van der Waals surface area contributed by atoms with Gasteiger partial charge in [0.25, 0.3) is 5.89 Å². The Balaban J connectivity index is 1.74. The van der Waals surface area contributed by atoms with Crippen LogP contribution in [0.4, 0.5) is 4.39 Å². The monoisotopic (exact) mass is 360 g/mol. The number of aryl methyl sites for hydroxylation is 1. The van der Waals surface area contributed by atoms with E-state index in [2.05, 4.69) is 10.2 Å². The average molecular weight is 361 g/mol. The summed E-state index contributed by atoms with van der Waals surface area (Å²) in [6.07, 6.45) is -0.777. The van der Waals surface area contributed by atoms with Gasteiger partial charge in [-0.3, -0.25) is 0 Å². The second-order valence-electron chi connectivity index (χ2n) is 5.48. The van der Waals surface area contributed by atoms with Crippen LogP contribution in [0, 0.1) is 12.7 Å². The lowest BCUT2D eigenvalue weighted by Crippen LogP contribution is -2.10. The summed E-state index contributed by atoms with van der Waals surface area (Å²) in [4.78, 5) is 12.2. The van der Waals surface area contributed by atoms with Crippen LogP contribution in [-0.4, -0.2) is 16.2 Å². The van der Waals surface area contributed by atoms with Crippen molar-refractivity contribution in [1.29, 1.82) is 0 Å². The number of halogens is 2. The van der Waals surface area contributed by atoms with Crippen LogP contribution in [0.2, 0.25) is 5.02 Å². The molecule has 0 amide bonds. The second-order valence-corrected chi connectivity index (χ2v) is 5.89. The molecule has 0 radical (unpaired) electrons. The Morgan fingerprint density at radius 2 is 1.92 bits per heavy atom. The maximum atomic E-state index is 13.1. The summed E-state index contributed by atoms with van der Waals surface area (Å²) < 4.78 is 23.9. The van der Waals surface area contributed by atoms with E-state index in [4.69, 9.17) is 20.8 Å². The van der Waals surface area contributed by atoms with Gasteiger partial charge in [0, 0.05) is 5.56 Å². The fourth-order valence-corrected chi connectivity index (χ4v) is 2.39. The molecular weight excluding hydrogens is 347 g/mol. The van der Waals surface area contributed by atoms with Crippen molar-refractivity contribution in [3.63, 3.8) is 0 Å². The zero-order chi connectivity index (χ0) is 18.0. The van der Waals surface area contributed by atoms with Gasteiger partial charge < -0.3 is 9.15 Å². The molecule has 0 spiro atoms. The van der Waals surface area contributed by atoms with Crippen molar-refractivity contribution in [1.82, 2.24) is 10.2 Å². The van der Waals surface area contributed by atoms with Gasteiger partial charge >= 0.3 is 5.97 Å². The van der Waals surface area contributed by atoms with Crippen LogP contribution in [0.25, 0.3) is 11.5 Å². The van der Waals surface area contributed by atoms with Crippen molar-refractivity contribution in [2.75, 3.05) is 0 Å². The molecule has 0 aliphatic carbocycles. The lowest BCUT2D eigenvalue weighted by Gasteiger charge is -2.10. The van der Waals surface area contributed by atoms with E-state index >= 15 is 0 Å². The molecule has 128 valence electrons. The Hall–Kier alpha value is -2.73. The second kappa shape index (κ2) is 7.03. The van der Waals surface area contributed by atoms with Gasteiger partial charge in [0.15, 0.2) is 6.10 Å². The topological polar surface area (TPSA) is 65.2 Å². The van der Waals surface area contributed by atoms with E-state index in [0.717, 1.165) is 23.3 Å². The fourth-order valence-electron chi connectivity index (χ4n) is 2.14. The highest BCUT2D eigenvalue weighted by atomic mass is 35.5. The van der Waals surface area contributed by atoms with Gasteiger partial charge in [0.05, 0.1) is 10.6 Å². The number of nitrogens with zero attached hydrogens (tertiary/aromatic N) is 2. The summed E-state index contributed by atoms with van der Waals surface area (Å²) in [5.41, 5.74) is 1.94. The van der Waals surface area contributed by atoms with Gasteiger partial charge in [-0.05, 0) is 44.2 Å². The van der Waals surface area contributed by atoms with Crippen LogP contribution in [0.1, 0.15) is 34.8 Å². The van der Waals surface area contributed by atoms with Crippen LogP contribution in [-0.2, 0) is 4.74 Å². The van der Waals surface area contributed by atoms with Crippen LogP contribution >= 0.6 is 11.6 Å². The summed E-state index contributed by atoms with van der Waals surface area (Å²) in [6.45, 7) is 3.58. The van der Waals surface area contributed by atoms with Gasteiger partial charge in [0.1, 0.15) is 5.82 Å². The molecule has 0 saturated heterocycles. The lowest BCUT2D eigenvalue weighted by molar-refractivity contribution is 0.0280. The third-order valence-electron chi connectivity index (χ3n) is 3.52. The van der Waals surface area contributed by atoms with E-state index in [1.54, 1.807) is 6.92 Å². The standard InChI is InChI=1S/C18H14ClFN2O3/c1-10-3-5-12(6-4-10)17-22-21-16(25-17)11(2)24-18(23)14-8-7-13(20)9-15(14)19/h3-9,11H,1-2H3/t11-/m1/s1. The third kappa shape index (κ3) is 3.85. The molecule has 1 atom stereocenters. The van der Waals surface area contributed by atoms with Crippen LogP contribution < -0.4 is 0 Å². The summed E-state index contributed by atoms with van der Waals surface area (Å²) in [5, 5.41) is 7.85. The molecule has 7 heteroatoms. The molecular formula is C18H14ClFN2O3. The molecule has 0 bridgehead atoms. The Bertz CT molecular complexity index is 909. The van der Waals surface area contributed by atoms with Gasteiger partial charge in [0.2, 0.25) is 5.89 Å². The molecule has 1 aromatic heterocycles. The first-order valence-corrected chi connectivity index (χ1v) is 7.88. The van der Waals surface area contributed by atoms with E-state index in [0.29, 0.717) is 5.89 Å². The average Bonchev–Trinajstić information content (AvgIpc) is 3.05. The predicted molar refractivity (Wildman–Crippen MR) is 89.7 cm³/mol. The molecule has 25 heavy (non-hydrogen) atoms. The Morgan fingerprint density at radius 1 is 1.20 bits per heavy atom. The molecule has 0 fully saturated rings. The minimum Gasteiger partial charge on any atom is -0.449 e. The largest absolute Gasteiger partial charge is 0.449 e. The SMILES string of the molecule is Cc1ccc(-c2nnc([C@@H](C)OC(=O)c3ccc(F)cc3Cl)o2)cc1. The van der Waals surface area contributed by atoms with Crippen LogP contribution in [0.15, 0.2) is 46.9 Å². The lowest BCUT2D eigenvalue weighted by atomic mass is 10.1. The molecule has 3 rings (SSSR count). The van der Waals surface area contributed by atoms with E-state index < -0.39 is 17.9 Å². The summed E-state index contributed by atoms with van der Waals surface area (Å²) >= 11 is 5.86. The quantitative estimate of drug-likeness (QED) is 0.628.